The zero-order valence-corrected chi connectivity index (χ0v) is 46.4. The molecule has 0 spiro atoms. The highest BCUT2D eigenvalue weighted by molar-refractivity contribution is 5.97. The van der Waals surface area contributed by atoms with Gasteiger partial charge in [0, 0.05) is 37.7 Å². The van der Waals surface area contributed by atoms with Crippen LogP contribution in [0.2, 0.25) is 0 Å². The molecule has 3 fully saturated rings. The summed E-state index contributed by atoms with van der Waals surface area (Å²) < 4.78 is 43.0. The zero-order chi connectivity index (χ0) is 59.0. The van der Waals surface area contributed by atoms with Crippen molar-refractivity contribution in [1.82, 2.24) is 10.6 Å². The number of benzene rings is 4. The maximum Gasteiger partial charge on any atom is 0.408 e. The van der Waals surface area contributed by atoms with Crippen LogP contribution in [-0.2, 0) is 57.1 Å². The number of hydrogen-bond donors (Lipinski definition) is 5. The summed E-state index contributed by atoms with van der Waals surface area (Å²) in [5.41, 5.74) is -9.15. The normalized spacial score (nSPS) is 27.9. The summed E-state index contributed by atoms with van der Waals surface area (Å²) in [5.74, 6) is -9.11. The molecule has 430 valence electrons. The third kappa shape index (κ3) is 11.5. The summed E-state index contributed by atoms with van der Waals surface area (Å²) in [6.45, 7) is 12.3. The first-order valence-electron chi connectivity index (χ1n) is 26.6. The Morgan fingerprint density at radius 3 is 1.68 bits per heavy atom. The minimum Gasteiger partial charge on any atom is -0.459 e. The van der Waals surface area contributed by atoms with Gasteiger partial charge in [0.2, 0.25) is 0 Å². The number of aliphatic hydroxyl groups is 3. The van der Waals surface area contributed by atoms with Crippen molar-refractivity contribution >= 4 is 47.6 Å². The molecule has 13 atom stereocenters. The number of amides is 2. The van der Waals surface area contributed by atoms with Gasteiger partial charge in [-0.15, -0.1) is 0 Å². The third-order valence-electron chi connectivity index (χ3n) is 16.1. The number of Topliss-reactive ketones (excluding diaryl/α,β-unsaturated/α-hetero) is 1. The van der Waals surface area contributed by atoms with Gasteiger partial charge in [0.25, 0.3) is 5.91 Å². The van der Waals surface area contributed by atoms with Gasteiger partial charge in [-0.1, -0.05) is 111 Å². The average Bonchev–Trinajstić information content (AvgIpc) is 3.61. The fraction of sp³-hybridized carbons (Fsp3) is 0.443. The van der Waals surface area contributed by atoms with E-state index in [0.29, 0.717) is 5.56 Å². The number of ether oxygens (including phenoxy) is 7. The van der Waals surface area contributed by atoms with Crippen LogP contribution >= 0.6 is 0 Å². The Labute approximate surface area is 468 Å². The van der Waals surface area contributed by atoms with Gasteiger partial charge in [-0.2, -0.15) is 0 Å². The average molecular weight is 1120 g/mol. The quantitative estimate of drug-likeness (QED) is 0.0525. The molecule has 0 aromatic heterocycles. The summed E-state index contributed by atoms with van der Waals surface area (Å²) in [6.07, 6.45) is -15.2. The van der Waals surface area contributed by atoms with E-state index in [1.807, 2.05) is 0 Å². The van der Waals surface area contributed by atoms with E-state index in [9.17, 15) is 48.9 Å². The predicted molar refractivity (Wildman–Crippen MR) is 286 cm³/mol. The van der Waals surface area contributed by atoms with Crippen LogP contribution in [0.4, 0.5) is 4.79 Å². The summed E-state index contributed by atoms with van der Waals surface area (Å²) in [6, 6.07) is 28.8. The fourth-order valence-electron chi connectivity index (χ4n) is 12.1. The molecule has 1 aliphatic heterocycles. The first kappa shape index (κ1) is 59.3. The van der Waals surface area contributed by atoms with E-state index in [1.54, 1.807) is 118 Å². The fourth-order valence-corrected chi connectivity index (χ4v) is 12.1. The maximum atomic E-state index is 16.5. The molecule has 3 aliphatic carbocycles. The van der Waals surface area contributed by atoms with Gasteiger partial charge in [-0.05, 0) is 81.2 Å². The summed E-state index contributed by atoms with van der Waals surface area (Å²) >= 11 is 0. The molecule has 1 saturated heterocycles. The van der Waals surface area contributed by atoms with Crippen LogP contribution < -0.4 is 10.6 Å². The van der Waals surface area contributed by atoms with E-state index >= 15 is 4.79 Å². The van der Waals surface area contributed by atoms with Crippen LogP contribution in [0.15, 0.2) is 132 Å². The summed E-state index contributed by atoms with van der Waals surface area (Å²) in [7, 11) is 0. The second-order valence-electron chi connectivity index (χ2n) is 22.7. The molecule has 2 amide bonds. The van der Waals surface area contributed by atoms with E-state index in [4.69, 9.17) is 33.2 Å². The van der Waals surface area contributed by atoms with E-state index in [2.05, 4.69) is 10.6 Å². The highest BCUT2D eigenvalue weighted by atomic mass is 16.6. The topological polar surface area (TPSA) is 286 Å². The van der Waals surface area contributed by atoms with Crippen LogP contribution in [0.5, 0.6) is 0 Å². The monoisotopic (exact) mass is 1120 g/mol. The van der Waals surface area contributed by atoms with Gasteiger partial charge in [0.1, 0.15) is 35.6 Å². The second kappa shape index (κ2) is 23.0. The van der Waals surface area contributed by atoms with E-state index in [0.717, 1.165) is 13.8 Å². The SMILES string of the molecule is CC(=O)O[C@H]1C(=O)[C@@]2(C)C(C(OC(=O)c3ccccc3)[C@]3(O)C[C@H](OC(=O)[C@H](O)[C@@H](NC(=O)c4ccccc4)c4ccccc4)C(C)=C1C3(C)C)[C@]1(OC(C)=O)CO[C@@H]1C[C@@H]2OC(=O)C(O)C(NC(=O)OC(C)(C)C)c1ccccc1. The molecule has 20 nitrogen and oxygen atoms in total. The van der Waals surface area contributed by atoms with Crippen molar-refractivity contribution < 1.29 is 86.8 Å². The van der Waals surface area contributed by atoms with Crippen LogP contribution in [0.25, 0.3) is 0 Å². The Morgan fingerprint density at radius 2 is 1.19 bits per heavy atom. The molecule has 81 heavy (non-hydrogen) atoms. The van der Waals surface area contributed by atoms with Crippen molar-refractivity contribution in [2.24, 2.45) is 16.7 Å². The first-order valence-corrected chi connectivity index (χ1v) is 26.6. The number of carbonyl (C=O) groups excluding carboxylic acids is 8. The number of nitrogens with one attached hydrogen (secondary N) is 2. The lowest BCUT2D eigenvalue weighted by Gasteiger charge is -2.67. The molecule has 4 unspecified atom stereocenters. The minimum absolute atomic E-state index is 0.0283. The van der Waals surface area contributed by atoms with Crippen LogP contribution in [0, 0.1) is 16.7 Å². The van der Waals surface area contributed by atoms with Crippen LogP contribution in [0.3, 0.4) is 0 Å². The molecule has 2 saturated carbocycles. The van der Waals surface area contributed by atoms with Crippen molar-refractivity contribution in [2.75, 3.05) is 6.61 Å². The van der Waals surface area contributed by atoms with Crippen molar-refractivity contribution in [3.05, 3.63) is 155 Å². The molecule has 4 aromatic rings. The largest absolute Gasteiger partial charge is 0.459 e. The van der Waals surface area contributed by atoms with Crippen molar-refractivity contribution in [3.8, 4) is 0 Å². The lowest BCUT2D eigenvalue weighted by Crippen LogP contribution is -2.82. The molecule has 4 aliphatic rings. The Kier molecular flexibility index (Phi) is 16.8. The van der Waals surface area contributed by atoms with Gasteiger partial charge in [-0.3, -0.25) is 19.2 Å². The van der Waals surface area contributed by atoms with Crippen molar-refractivity contribution in [2.45, 2.75) is 147 Å². The van der Waals surface area contributed by atoms with Crippen LogP contribution in [0.1, 0.15) is 119 Å². The first-order chi connectivity index (χ1) is 38.1. The van der Waals surface area contributed by atoms with E-state index in [-0.39, 0.29) is 27.8 Å². The van der Waals surface area contributed by atoms with E-state index < -0.39 is 155 Å². The number of ketones is 1. The molecule has 0 radical (unpaired) electrons. The molecule has 20 heteroatoms. The number of esters is 5. The molecular formula is C61H68N2O18. The van der Waals surface area contributed by atoms with Crippen molar-refractivity contribution in [1.29, 1.82) is 0 Å². The third-order valence-corrected chi connectivity index (χ3v) is 16.1. The minimum atomic E-state index is -2.60. The molecule has 5 N–H and O–H groups in total. The number of fused-ring (bicyclic) bond motifs is 5. The van der Waals surface area contributed by atoms with Gasteiger partial charge in [-0.25, -0.2) is 19.2 Å². The highest BCUT2D eigenvalue weighted by Gasteiger charge is 2.79. The molecule has 4 aromatic carbocycles. The standard InChI is InChI=1S/C61H68N2O18/c1-33-40(77-54(71)46(66)44(36-22-14-10-15-23-36)62-52(69)38-26-18-12-19-27-38)31-61(74)51(79-53(70)39-28-20-13-21-29-39)49-59(9,50(68)48(76-34(2)64)43(33)58(61,7)8)41(30-42-60(49,32-75-42)80-35(3)65)78-55(72)47(67)45(37-24-16-11-17-25-37)63-56(73)81-57(4,5)6/h10-29,40-42,44-49,51,66-67,74H,30-32H2,1-9H3,(H,62,69)(H,63,73)/t40-,41-,42+,44-,45?,46+,47?,48+,49?,51?,59+,60-,61+/m0/s1. The summed E-state index contributed by atoms with van der Waals surface area (Å²) in [4.78, 5) is 115. The molecule has 2 bridgehead atoms. The number of aliphatic hydroxyl groups excluding tert-OH is 2. The zero-order valence-electron chi connectivity index (χ0n) is 46.4. The summed E-state index contributed by atoms with van der Waals surface area (Å²) in [5, 5.41) is 43.5. The molecular weight excluding hydrogens is 1050 g/mol. The highest BCUT2D eigenvalue weighted by Crippen LogP contribution is 2.65. The number of hydrogen-bond acceptors (Lipinski definition) is 18. The maximum absolute atomic E-state index is 16.5. The Bertz CT molecular complexity index is 3070. The second-order valence-corrected chi connectivity index (χ2v) is 22.7. The number of rotatable bonds is 15. The molecule has 8 rings (SSSR count). The smallest absolute Gasteiger partial charge is 0.408 e. The number of carbonyl (C=O) groups is 8. The Balaban J connectivity index is 1.29. The number of alkyl carbamates (subject to hydrolysis) is 1. The van der Waals surface area contributed by atoms with Crippen molar-refractivity contribution in [3.63, 3.8) is 0 Å². The lowest BCUT2D eigenvalue weighted by molar-refractivity contribution is -0.346. The van der Waals surface area contributed by atoms with E-state index in [1.165, 1.54) is 52.0 Å². The van der Waals surface area contributed by atoms with Crippen LogP contribution in [-0.4, -0.2) is 129 Å². The Morgan fingerprint density at radius 1 is 0.679 bits per heavy atom. The van der Waals surface area contributed by atoms with Gasteiger partial charge in [0.15, 0.2) is 29.7 Å². The lowest BCUT2D eigenvalue weighted by atomic mass is 9.44. The molecule has 1 heterocycles. The Hall–Kier alpha value is -7.78. The van der Waals surface area contributed by atoms with Gasteiger partial charge < -0.3 is 59.1 Å². The van der Waals surface area contributed by atoms with Gasteiger partial charge >= 0.3 is 35.9 Å². The van der Waals surface area contributed by atoms with Gasteiger partial charge in [0.05, 0.1) is 35.6 Å². The predicted octanol–water partition coefficient (Wildman–Crippen LogP) is 5.91.